The second-order valence-electron chi connectivity index (χ2n) is 7.22. The van der Waals surface area contributed by atoms with E-state index in [4.69, 9.17) is 9.47 Å². The first-order valence-corrected chi connectivity index (χ1v) is 12.2. The van der Waals surface area contributed by atoms with E-state index in [1.165, 1.54) is 23.1 Å². The van der Waals surface area contributed by atoms with Crippen LogP contribution >= 0.6 is 23.1 Å². The molecule has 0 bridgehead atoms. The summed E-state index contributed by atoms with van der Waals surface area (Å²) in [6.07, 6.45) is 0.296. The smallest absolute Gasteiger partial charge is 0.226 e. The lowest BCUT2D eigenvalue weighted by Crippen LogP contribution is -2.12. The molecule has 3 heterocycles. The van der Waals surface area contributed by atoms with Crippen LogP contribution in [0.3, 0.4) is 0 Å². The van der Waals surface area contributed by atoms with Gasteiger partial charge in [-0.15, -0.1) is 21.5 Å². The summed E-state index contributed by atoms with van der Waals surface area (Å²) < 4.78 is 10.6. The minimum atomic E-state index is -0.125. The minimum absolute atomic E-state index is 0.125. The molecule has 5 aromatic rings. The molecule has 0 saturated heterocycles. The third-order valence-electron chi connectivity index (χ3n) is 5.09. The maximum absolute atomic E-state index is 12.4. The van der Waals surface area contributed by atoms with E-state index in [1.54, 1.807) is 14.2 Å². The number of rotatable bonds is 8. The fourth-order valence-corrected chi connectivity index (χ4v) is 4.90. The standard InChI is InChI=1S/C23H20N6O3S2/c1-31-17-8-7-13(11-18(17)32-2)16-12-34-22(25-16)26-19(30)9-10-33-23-27-21-20(28-29-23)14-5-3-4-6-15(14)24-21/h3-8,11-12H,9-10H2,1-2H3,(H,24,27,29)(H,25,26,30). The zero-order valence-corrected chi connectivity index (χ0v) is 20.0. The zero-order chi connectivity index (χ0) is 23.5. The summed E-state index contributed by atoms with van der Waals surface area (Å²) in [4.78, 5) is 24.7. The van der Waals surface area contributed by atoms with Crippen LogP contribution in [0, 0.1) is 0 Å². The molecule has 34 heavy (non-hydrogen) atoms. The van der Waals surface area contributed by atoms with Gasteiger partial charge in [0, 0.05) is 34.0 Å². The summed E-state index contributed by atoms with van der Waals surface area (Å²) in [6, 6.07) is 13.5. The number of H-pyrrole nitrogens is 1. The van der Waals surface area contributed by atoms with Crippen molar-refractivity contribution in [3.05, 3.63) is 47.8 Å². The molecule has 11 heteroatoms. The monoisotopic (exact) mass is 492 g/mol. The number of fused-ring (bicyclic) bond motifs is 3. The molecule has 0 saturated carbocycles. The fourth-order valence-electron chi connectivity index (χ4n) is 3.44. The van der Waals surface area contributed by atoms with Gasteiger partial charge in [-0.3, -0.25) is 4.79 Å². The van der Waals surface area contributed by atoms with Crippen LogP contribution in [-0.4, -0.2) is 51.0 Å². The molecule has 0 radical (unpaired) electrons. The highest BCUT2D eigenvalue weighted by atomic mass is 32.2. The van der Waals surface area contributed by atoms with Gasteiger partial charge in [-0.25, -0.2) is 9.97 Å². The van der Waals surface area contributed by atoms with Crippen molar-refractivity contribution in [3.8, 4) is 22.8 Å². The number of methoxy groups -OCH3 is 2. The van der Waals surface area contributed by atoms with Crippen LogP contribution in [0.5, 0.6) is 11.5 Å². The Bertz CT molecular complexity index is 1480. The number of ether oxygens (including phenoxy) is 2. The maximum atomic E-state index is 12.4. The van der Waals surface area contributed by atoms with Crippen molar-refractivity contribution >= 4 is 56.2 Å². The first-order valence-electron chi connectivity index (χ1n) is 10.4. The van der Waals surface area contributed by atoms with E-state index in [1.807, 2.05) is 47.8 Å². The van der Waals surface area contributed by atoms with Crippen LogP contribution in [0.4, 0.5) is 5.13 Å². The van der Waals surface area contributed by atoms with Gasteiger partial charge >= 0.3 is 0 Å². The van der Waals surface area contributed by atoms with E-state index in [2.05, 4.69) is 30.5 Å². The highest BCUT2D eigenvalue weighted by molar-refractivity contribution is 7.99. The Hall–Kier alpha value is -3.70. The lowest BCUT2D eigenvalue weighted by molar-refractivity contribution is -0.115. The summed E-state index contributed by atoms with van der Waals surface area (Å²) in [5.41, 5.74) is 4.03. The van der Waals surface area contributed by atoms with Gasteiger partial charge in [-0.05, 0) is 24.3 Å². The summed E-state index contributed by atoms with van der Waals surface area (Å²) >= 11 is 2.75. The molecular formula is C23H20N6O3S2. The Balaban J connectivity index is 1.18. The highest BCUT2D eigenvalue weighted by Crippen LogP contribution is 2.33. The minimum Gasteiger partial charge on any atom is -0.493 e. The van der Waals surface area contributed by atoms with Gasteiger partial charge in [0.1, 0.15) is 5.52 Å². The normalized spacial score (nSPS) is 11.1. The van der Waals surface area contributed by atoms with Crippen LogP contribution in [0.1, 0.15) is 6.42 Å². The van der Waals surface area contributed by atoms with Gasteiger partial charge in [-0.2, -0.15) is 0 Å². The predicted molar refractivity (Wildman–Crippen MR) is 134 cm³/mol. The fraction of sp³-hybridized carbons (Fsp3) is 0.174. The molecule has 0 aliphatic heterocycles. The lowest BCUT2D eigenvalue weighted by Gasteiger charge is -2.08. The molecule has 0 unspecified atom stereocenters. The first-order chi connectivity index (χ1) is 16.6. The Labute approximate surface area is 202 Å². The van der Waals surface area contributed by atoms with E-state index < -0.39 is 0 Å². The number of aromatic amines is 1. The van der Waals surface area contributed by atoms with E-state index in [0.717, 1.165) is 27.7 Å². The molecule has 0 aliphatic rings. The van der Waals surface area contributed by atoms with E-state index in [-0.39, 0.29) is 5.91 Å². The number of thioether (sulfide) groups is 1. The number of amides is 1. The van der Waals surface area contributed by atoms with Crippen molar-refractivity contribution < 1.29 is 14.3 Å². The molecule has 3 aromatic heterocycles. The summed E-state index contributed by atoms with van der Waals surface area (Å²) in [5.74, 6) is 1.67. The Morgan fingerprint density at radius 2 is 1.94 bits per heavy atom. The van der Waals surface area contributed by atoms with Crippen molar-refractivity contribution in [2.75, 3.05) is 25.3 Å². The third-order valence-corrected chi connectivity index (χ3v) is 6.69. The molecule has 0 fully saturated rings. The number of nitrogens with one attached hydrogen (secondary N) is 2. The Kier molecular flexibility index (Phi) is 6.28. The molecule has 0 atom stereocenters. The van der Waals surface area contributed by atoms with Gasteiger partial charge in [0.2, 0.25) is 11.1 Å². The van der Waals surface area contributed by atoms with Crippen molar-refractivity contribution in [1.29, 1.82) is 0 Å². The largest absolute Gasteiger partial charge is 0.493 e. The predicted octanol–water partition coefficient (Wildman–Crippen LogP) is 4.77. The van der Waals surface area contributed by atoms with Crippen molar-refractivity contribution in [3.63, 3.8) is 0 Å². The van der Waals surface area contributed by atoms with Gasteiger partial charge < -0.3 is 19.8 Å². The lowest BCUT2D eigenvalue weighted by atomic mass is 10.1. The number of hydrogen-bond donors (Lipinski definition) is 2. The van der Waals surface area contributed by atoms with Crippen LogP contribution in [0.15, 0.2) is 53.0 Å². The number of carbonyl (C=O) groups excluding carboxylic acids is 1. The average Bonchev–Trinajstić information content (AvgIpc) is 3.47. The molecule has 1 amide bonds. The van der Waals surface area contributed by atoms with E-state index >= 15 is 0 Å². The number of anilines is 1. The quantitative estimate of drug-likeness (QED) is 0.298. The highest BCUT2D eigenvalue weighted by Gasteiger charge is 2.13. The van der Waals surface area contributed by atoms with E-state index in [0.29, 0.717) is 39.6 Å². The molecule has 2 N–H and O–H groups in total. The number of hydrogen-bond acceptors (Lipinski definition) is 9. The maximum Gasteiger partial charge on any atom is 0.226 e. The van der Waals surface area contributed by atoms with Crippen molar-refractivity contribution in [1.82, 2.24) is 25.1 Å². The van der Waals surface area contributed by atoms with Crippen molar-refractivity contribution in [2.45, 2.75) is 11.6 Å². The van der Waals surface area contributed by atoms with Crippen molar-refractivity contribution in [2.24, 2.45) is 0 Å². The van der Waals surface area contributed by atoms with Crippen LogP contribution in [-0.2, 0) is 4.79 Å². The molecule has 0 spiro atoms. The molecule has 0 aliphatic carbocycles. The average molecular weight is 493 g/mol. The second-order valence-corrected chi connectivity index (χ2v) is 9.14. The topological polar surface area (TPSA) is 115 Å². The van der Waals surface area contributed by atoms with Gasteiger partial charge in [0.25, 0.3) is 0 Å². The van der Waals surface area contributed by atoms with E-state index in [9.17, 15) is 4.79 Å². The number of para-hydroxylation sites is 1. The summed E-state index contributed by atoms with van der Waals surface area (Å²) in [7, 11) is 3.18. The molecule has 9 nitrogen and oxygen atoms in total. The van der Waals surface area contributed by atoms with Crippen LogP contribution in [0.2, 0.25) is 0 Å². The zero-order valence-electron chi connectivity index (χ0n) is 18.4. The van der Waals surface area contributed by atoms with Crippen LogP contribution in [0.25, 0.3) is 33.3 Å². The number of benzene rings is 2. The molecule has 172 valence electrons. The van der Waals surface area contributed by atoms with Gasteiger partial charge in [-0.1, -0.05) is 30.0 Å². The number of aromatic nitrogens is 5. The number of carbonyl (C=O) groups is 1. The number of nitrogens with zero attached hydrogens (tertiary/aromatic N) is 4. The first kappa shape index (κ1) is 22.1. The molecular weight excluding hydrogens is 472 g/mol. The molecule has 5 rings (SSSR count). The second kappa shape index (κ2) is 9.65. The van der Waals surface area contributed by atoms with Gasteiger partial charge in [0.05, 0.1) is 19.9 Å². The summed E-state index contributed by atoms with van der Waals surface area (Å²) in [5, 5.41) is 15.3. The number of thiazole rings is 1. The SMILES string of the molecule is COc1ccc(-c2csc(NC(=O)CCSc3nnc4c(n3)[nH]c3ccccc34)n2)cc1OC. The van der Waals surface area contributed by atoms with Crippen LogP contribution < -0.4 is 14.8 Å². The Morgan fingerprint density at radius 3 is 2.79 bits per heavy atom. The Morgan fingerprint density at radius 1 is 1.09 bits per heavy atom. The third kappa shape index (κ3) is 4.52. The van der Waals surface area contributed by atoms with Gasteiger partial charge in [0.15, 0.2) is 22.3 Å². The summed E-state index contributed by atoms with van der Waals surface area (Å²) in [6.45, 7) is 0. The molecule has 2 aromatic carbocycles.